The Morgan fingerprint density at radius 1 is 1.12 bits per heavy atom. The van der Waals surface area contributed by atoms with Crippen LogP contribution in [0, 0.1) is 11.3 Å². The van der Waals surface area contributed by atoms with Crippen molar-refractivity contribution in [3.63, 3.8) is 0 Å². The average molecular weight is 324 g/mol. The van der Waals surface area contributed by atoms with E-state index in [0.717, 1.165) is 4.90 Å². The van der Waals surface area contributed by atoms with Gasteiger partial charge in [0.2, 0.25) is 5.91 Å². The standard InChI is InChI=1S/C18H16N2O4/c1-12(21)20(18(22)24-3)17-8-7-13(11-19)9-16(17)14-5-4-6-15(10-14)23-2/h4-10H,1-3H3. The molecule has 2 rings (SSSR count). The van der Waals surface area contributed by atoms with Crippen molar-refractivity contribution >= 4 is 17.7 Å². The average Bonchev–Trinajstić information content (AvgIpc) is 2.61. The molecule has 2 aromatic carbocycles. The molecule has 0 aliphatic heterocycles. The summed E-state index contributed by atoms with van der Waals surface area (Å²) in [5.74, 6) is 0.129. The van der Waals surface area contributed by atoms with E-state index < -0.39 is 12.0 Å². The van der Waals surface area contributed by atoms with E-state index in [-0.39, 0.29) is 0 Å². The van der Waals surface area contributed by atoms with Crippen LogP contribution in [0.3, 0.4) is 0 Å². The number of hydrogen-bond donors (Lipinski definition) is 0. The number of rotatable bonds is 3. The molecule has 0 bridgehead atoms. The first-order valence-corrected chi connectivity index (χ1v) is 7.09. The first-order chi connectivity index (χ1) is 11.5. The number of amides is 2. The number of nitrogens with zero attached hydrogens (tertiary/aromatic N) is 2. The third-order valence-electron chi connectivity index (χ3n) is 3.42. The SMILES string of the molecule is COC(=O)N(C(C)=O)c1ccc(C#N)cc1-c1cccc(OC)c1. The Labute approximate surface area is 139 Å². The summed E-state index contributed by atoms with van der Waals surface area (Å²) in [6, 6.07) is 13.9. The summed E-state index contributed by atoms with van der Waals surface area (Å²) in [5.41, 5.74) is 2.00. The Morgan fingerprint density at radius 3 is 2.46 bits per heavy atom. The number of hydrogen-bond acceptors (Lipinski definition) is 5. The monoisotopic (exact) mass is 324 g/mol. The third-order valence-corrected chi connectivity index (χ3v) is 3.42. The zero-order valence-corrected chi connectivity index (χ0v) is 13.6. The predicted octanol–water partition coefficient (Wildman–Crippen LogP) is 3.35. The topological polar surface area (TPSA) is 79.6 Å². The van der Waals surface area contributed by atoms with Crippen LogP contribution in [0.2, 0.25) is 0 Å². The van der Waals surface area contributed by atoms with Crippen LogP contribution in [0.25, 0.3) is 11.1 Å². The molecule has 0 N–H and O–H groups in total. The van der Waals surface area contributed by atoms with Gasteiger partial charge in [-0.1, -0.05) is 12.1 Å². The molecule has 0 saturated carbocycles. The maximum Gasteiger partial charge on any atom is 0.420 e. The molecule has 0 heterocycles. The Kier molecular flexibility index (Phi) is 5.17. The van der Waals surface area contributed by atoms with E-state index in [1.165, 1.54) is 20.1 Å². The fourth-order valence-corrected chi connectivity index (χ4v) is 2.31. The van der Waals surface area contributed by atoms with E-state index in [0.29, 0.717) is 28.1 Å². The van der Waals surface area contributed by atoms with Gasteiger partial charge in [0, 0.05) is 12.5 Å². The Morgan fingerprint density at radius 2 is 1.88 bits per heavy atom. The first-order valence-electron chi connectivity index (χ1n) is 7.09. The van der Waals surface area contributed by atoms with Gasteiger partial charge in [-0.15, -0.1) is 0 Å². The molecule has 122 valence electrons. The van der Waals surface area contributed by atoms with Gasteiger partial charge < -0.3 is 9.47 Å². The lowest BCUT2D eigenvalue weighted by Gasteiger charge is -2.21. The van der Waals surface area contributed by atoms with E-state index in [2.05, 4.69) is 6.07 Å². The molecular weight excluding hydrogens is 308 g/mol. The van der Waals surface area contributed by atoms with Crippen molar-refractivity contribution in [3.8, 4) is 22.9 Å². The van der Waals surface area contributed by atoms with Crippen LogP contribution in [0.5, 0.6) is 5.75 Å². The number of anilines is 1. The molecule has 0 saturated heterocycles. The Balaban J connectivity index is 2.70. The number of methoxy groups -OCH3 is 2. The highest BCUT2D eigenvalue weighted by Gasteiger charge is 2.24. The van der Waals surface area contributed by atoms with Crippen LogP contribution < -0.4 is 9.64 Å². The summed E-state index contributed by atoms with van der Waals surface area (Å²) in [5, 5.41) is 9.16. The molecule has 0 aromatic heterocycles. The Bertz CT molecular complexity index is 824. The van der Waals surface area contributed by atoms with Crippen molar-refractivity contribution in [3.05, 3.63) is 48.0 Å². The zero-order chi connectivity index (χ0) is 17.7. The molecule has 0 fully saturated rings. The fourth-order valence-electron chi connectivity index (χ4n) is 2.31. The molecule has 6 heteroatoms. The molecule has 2 aromatic rings. The van der Waals surface area contributed by atoms with Gasteiger partial charge in [-0.05, 0) is 35.9 Å². The fraction of sp³-hybridized carbons (Fsp3) is 0.167. The Hall–Kier alpha value is -3.33. The van der Waals surface area contributed by atoms with Gasteiger partial charge >= 0.3 is 6.09 Å². The summed E-state index contributed by atoms with van der Waals surface area (Å²) >= 11 is 0. The van der Waals surface area contributed by atoms with Crippen LogP contribution in [-0.2, 0) is 9.53 Å². The molecular formula is C18H16N2O4. The number of carbonyl (C=O) groups is 2. The minimum atomic E-state index is -0.795. The zero-order valence-electron chi connectivity index (χ0n) is 13.6. The van der Waals surface area contributed by atoms with Crippen molar-refractivity contribution < 1.29 is 19.1 Å². The molecule has 0 unspecified atom stereocenters. The number of imide groups is 1. The van der Waals surface area contributed by atoms with Crippen LogP contribution >= 0.6 is 0 Å². The molecule has 6 nitrogen and oxygen atoms in total. The van der Waals surface area contributed by atoms with Gasteiger partial charge in [0.25, 0.3) is 0 Å². The molecule has 0 aliphatic rings. The van der Waals surface area contributed by atoms with Crippen molar-refractivity contribution in [2.24, 2.45) is 0 Å². The van der Waals surface area contributed by atoms with Crippen molar-refractivity contribution in [2.45, 2.75) is 6.92 Å². The smallest absolute Gasteiger partial charge is 0.420 e. The summed E-state index contributed by atoms with van der Waals surface area (Å²) in [4.78, 5) is 24.9. The van der Waals surface area contributed by atoms with E-state index in [9.17, 15) is 9.59 Å². The largest absolute Gasteiger partial charge is 0.497 e. The van der Waals surface area contributed by atoms with Gasteiger partial charge in [-0.3, -0.25) is 4.79 Å². The number of benzene rings is 2. The highest BCUT2D eigenvalue weighted by molar-refractivity contribution is 6.13. The lowest BCUT2D eigenvalue weighted by molar-refractivity contribution is -0.116. The molecule has 0 spiro atoms. The summed E-state index contributed by atoms with van der Waals surface area (Å²) in [6.45, 7) is 1.27. The quantitative estimate of drug-likeness (QED) is 0.865. The first kappa shape index (κ1) is 17.0. The predicted molar refractivity (Wildman–Crippen MR) is 88.7 cm³/mol. The van der Waals surface area contributed by atoms with Crippen molar-refractivity contribution in [2.75, 3.05) is 19.1 Å². The second kappa shape index (κ2) is 7.29. The van der Waals surface area contributed by atoms with Crippen molar-refractivity contribution in [1.82, 2.24) is 0 Å². The van der Waals surface area contributed by atoms with Crippen LogP contribution in [0.15, 0.2) is 42.5 Å². The normalized spacial score (nSPS) is 9.75. The van der Waals surface area contributed by atoms with Crippen LogP contribution in [0.1, 0.15) is 12.5 Å². The number of nitriles is 1. The lowest BCUT2D eigenvalue weighted by Crippen LogP contribution is -2.35. The second-order valence-corrected chi connectivity index (χ2v) is 4.90. The minimum Gasteiger partial charge on any atom is -0.497 e. The molecule has 2 amide bonds. The molecule has 0 aliphatic carbocycles. The van der Waals surface area contributed by atoms with Crippen molar-refractivity contribution in [1.29, 1.82) is 5.26 Å². The van der Waals surface area contributed by atoms with Gasteiger partial charge in [0.1, 0.15) is 5.75 Å². The van der Waals surface area contributed by atoms with E-state index in [1.54, 1.807) is 43.5 Å². The summed E-state index contributed by atoms with van der Waals surface area (Å²) < 4.78 is 9.91. The van der Waals surface area contributed by atoms with E-state index in [1.807, 2.05) is 0 Å². The summed E-state index contributed by atoms with van der Waals surface area (Å²) in [6.07, 6.45) is -0.795. The van der Waals surface area contributed by atoms with Crippen LogP contribution in [-0.4, -0.2) is 26.2 Å². The molecule has 24 heavy (non-hydrogen) atoms. The minimum absolute atomic E-state index is 0.335. The number of carbonyl (C=O) groups excluding carboxylic acids is 2. The van der Waals surface area contributed by atoms with E-state index >= 15 is 0 Å². The lowest BCUT2D eigenvalue weighted by atomic mass is 10.00. The maximum absolute atomic E-state index is 12.0. The summed E-state index contributed by atoms with van der Waals surface area (Å²) in [7, 11) is 2.75. The number of ether oxygens (including phenoxy) is 2. The maximum atomic E-state index is 12.0. The highest BCUT2D eigenvalue weighted by Crippen LogP contribution is 2.34. The van der Waals surface area contributed by atoms with Gasteiger partial charge in [0.15, 0.2) is 0 Å². The van der Waals surface area contributed by atoms with Gasteiger partial charge in [-0.2, -0.15) is 5.26 Å². The molecule has 0 radical (unpaired) electrons. The van der Waals surface area contributed by atoms with Gasteiger partial charge in [0.05, 0.1) is 31.5 Å². The van der Waals surface area contributed by atoms with E-state index in [4.69, 9.17) is 14.7 Å². The second-order valence-electron chi connectivity index (χ2n) is 4.90. The third kappa shape index (κ3) is 3.36. The molecule has 0 atom stereocenters. The van der Waals surface area contributed by atoms with Crippen LogP contribution in [0.4, 0.5) is 10.5 Å². The highest BCUT2D eigenvalue weighted by atomic mass is 16.5. The van der Waals surface area contributed by atoms with Gasteiger partial charge in [-0.25, -0.2) is 9.69 Å².